The van der Waals surface area contributed by atoms with E-state index >= 15 is 0 Å². The number of alkyl halides is 3. The highest BCUT2D eigenvalue weighted by molar-refractivity contribution is 5.78. The molecule has 2 N–H and O–H groups in total. The molecule has 9 heteroatoms. The molecule has 3 unspecified atom stereocenters. The Kier molecular flexibility index (Phi) is 4.63. The molecule has 0 bridgehead atoms. The van der Waals surface area contributed by atoms with Crippen LogP contribution in [0.15, 0.2) is 0 Å². The van der Waals surface area contributed by atoms with Gasteiger partial charge in [0.1, 0.15) is 0 Å². The van der Waals surface area contributed by atoms with Gasteiger partial charge >= 0.3 is 18.2 Å². The lowest BCUT2D eigenvalue weighted by atomic mass is 9.82. The van der Waals surface area contributed by atoms with Crippen LogP contribution in [0.25, 0.3) is 0 Å². The van der Waals surface area contributed by atoms with Gasteiger partial charge in [0.05, 0.1) is 17.9 Å². The first-order valence-electron chi connectivity index (χ1n) is 8.24. The van der Waals surface area contributed by atoms with E-state index in [0.29, 0.717) is 6.61 Å². The molecule has 1 saturated carbocycles. The zero-order valence-corrected chi connectivity index (χ0v) is 13.1. The maximum Gasteiger partial charge on any atom is 0.394 e. The van der Waals surface area contributed by atoms with Crippen LogP contribution in [0.3, 0.4) is 0 Å². The molecule has 2 amide bonds. The molecule has 0 aromatic heterocycles. The molecule has 3 fully saturated rings. The first kappa shape index (κ1) is 17.3. The summed E-state index contributed by atoms with van der Waals surface area (Å²) in [4.78, 5) is 24.4. The fraction of sp³-hybridized carbons (Fsp3) is 0.867. The lowest BCUT2D eigenvalue weighted by molar-refractivity contribution is -0.187. The molecule has 3 rings (SSSR count). The van der Waals surface area contributed by atoms with E-state index in [1.54, 1.807) is 0 Å². The minimum Gasteiger partial charge on any atom is -0.481 e. The number of likely N-dealkylation sites (tertiary alicyclic amines) is 1. The molecule has 3 aliphatic rings. The third kappa shape index (κ3) is 3.31. The lowest BCUT2D eigenvalue weighted by Gasteiger charge is -2.34. The molecule has 5 atom stereocenters. The molecule has 1 aliphatic carbocycles. The van der Waals surface area contributed by atoms with Gasteiger partial charge in [0, 0.05) is 31.7 Å². The molecule has 2 aliphatic heterocycles. The van der Waals surface area contributed by atoms with Crippen molar-refractivity contribution in [2.24, 2.45) is 17.8 Å². The average Bonchev–Trinajstić information content (AvgIpc) is 3.14. The number of urea groups is 1. The van der Waals surface area contributed by atoms with Gasteiger partial charge in [0.25, 0.3) is 0 Å². The van der Waals surface area contributed by atoms with Crippen LogP contribution in [0, 0.1) is 17.8 Å². The minimum atomic E-state index is -4.63. The quantitative estimate of drug-likeness (QED) is 0.797. The van der Waals surface area contributed by atoms with E-state index < -0.39 is 43.1 Å². The van der Waals surface area contributed by atoms with Crippen LogP contribution in [0.5, 0.6) is 0 Å². The predicted molar refractivity (Wildman–Crippen MR) is 76.3 cm³/mol. The van der Waals surface area contributed by atoms with Crippen LogP contribution >= 0.6 is 0 Å². The molecule has 0 aromatic carbocycles. The van der Waals surface area contributed by atoms with Gasteiger partial charge in [-0.05, 0) is 25.7 Å². The number of carbonyl (C=O) groups excluding carboxylic acids is 1. The Balaban J connectivity index is 1.64. The molecule has 136 valence electrons. The number of carboxylic acids is 1. The van der Waals surface area contributed by atoms with Gasteiger partial charge in [-0.1, -0.05) is 0 Å². The highest BCUT2D eigenvalue weighted by atomic mass is 19.4. The number of carboxylic acid groups (broad SMARTS) is 1. The van der Waals surface area contributed by atoms with Crippen LogP contribution < -0.4 is 5.32 Å². The molecule has 6 nitrogen and oxygen atoms in total. The van der Waals surface area contributed by atoms with E-state index in [9.17, 15) is 22.8 Å². The first-order valence-corrected chi connectivity index (χ1v) is 8.24. The van der Waals surface area contributed by atoms with E-state index in [1.807, 2.05) is 0 Å². The summed E-state index contributed by atoms with van der Waals surface area (Å²) >= 11 is 0. The second-order valence-corrected chi connectivity index (χ2v) is 6.85. The zero-order valence-electron chi connectivity index (χ0n) is 13.1. The topological polar surface area (TPSA) is 78.9 Å². The summed E-state index contributed by atoms with van der Waals surface area (Å²) in [6.45, 7) is -0.380. The van der Waals surface area contributed by atoms with Gasteiger partial charge in [-0.25, -0.2) is 4.79 Å². The van der Waals surface area contributed by atoms with Crippen molar-refractivity contribution in [3.8, 4) is 0 Å². The molecular weight excluding hydrogens is 329 g/mol. The fourth-order valence-electron chi connectivity index (χ4n) is 4.16. The van der Waals surface area contributed by atoms with Gasteiger partial charge < -0.3 is 20.1 Å². The number of carbonyl (C=O) groups is 2. The van der Waals surface area contributed by atoms with Gasteiger partial charge in [-0.2, -0.15) is 13.2 Å². The van der Waals surface area contributed by atoms with Gasteiger partial charge in [-0.3, -0.25) is 4.79 Å². The van der Waals surface area contributed by atoms with Crippen LogP contribution in [0.4, 0.5) is 18.0 Å². The second-order valence-electron chi connectivity index (χ2n) is 6.85. The largest absolute Gasteiger partial charge is 0.481 e. The SMILES string of the molecule is O=C(O)[C@@H]1CN(C(=O)NC2CCCC3OCCC23)C[C@H]1C(F)(F)F. The molecule has 2 heterocycles. The smallest absolute Gasteiger partial charge is 0.394 e. The summed E-state index contributed by atoms with van der Waals surface area (Å²) in [5.41, 5.74) is 0. The summed E-state index contributed by atoms with van der Waals surface area (Å²) in [6, 6.07) is -0.725. The normalized spacial score (nSPS) is 36.5. The highest BCUT2D eigenvalue weighted by Crippen LogP contribution is 2.38. The van der Waals surface area contributed by atoms with E-state index in [1.165, 1.54) is 0 Å². The van der Waals surface area contributed by atoms with Crippen molar-refractivity contribution in [1.82, 2.24) is 10.2 Å². The Labute approximate surface area is 137 Å². The van der Waals surface area contributed by atoms with Crippen molar-refractivity contribution in [2.45, 2.75) is 44.0 Å². The monoisotopic (exact) mass is 350 g/mol. The third-order valence-electron chi connectivity index (χ3n) is 5.43. The van der Waals surface area contributed by atoms with Gasteiger partial charge in [-0.15, -0.1) is 0 Å². The lowest BCUT2D eigenvalue weighted by Crippen LogP contribution is -2.50. The Morgan fingerprint density at radius 1 is 1.17 bits per heavy atom. The summed E-state index contributed by atoms with van der Waals surface area (Å²) in [7, 11) is 0. The molecule has 0 spiro atoms. The zero-order chi connectivity index (χ0) is 17.5. The second kappa shape index (κ2) is 6.42. The van der Waals surface area contributed by atoms with Crippen molar-refractivity contribution < 1.29 is 32.6 Å². The Morgan fingerprint density at radius 2 is 1.92 bits per heavy atom. The molecule has 2 saturated heterocycles. The van der Waals surface area contributed by atoms with E-state index in [4.69, 9.17) is 9.84 Å². The van der Waals surface area contributed by atoms with E-state index in [2.05, 4.69) is 5.32 Å². The van der Waals surface area contributed by atoms with Crippen molar-refractivity contribution in [3.63, 3.8) is 0 Å². The number of fused-ring (bicyclic) bond motifs is 1. The number of aliphatic carboxylic acids is 1. The Hall–Kier alpha value is -1.51. The summed E-state index contributed by atoms with van der Waals surface area (Å²) < 4.78 is 44.6. The van der Waals surface area contributed by atoms with Crippen LogP contribution in [0.2, 0.25) is 0 Å². The molecule has 0 aromatic rings. The molecular formula is C15H21F3N2O4. The van der Waals surface area contributed by atoms with Crippen LogP contribution in [-0.2, 0) is 9.53 Å². The number of amides is 2. The number of nitrogens with one attached hydrogen (secondary N) is 1. The fourth-order valence-corrected chi connectivity index (χ4v) is 4.16. The Bertz CT molecular complexity index is 513. The van der Waals surface area contributed by atoms with Crippen LogP contribution in [-0.4, -0.2) is 60.0 Å². The summed E-state index contributed by atoms with van der Waals surface area (Å²) in [6.07, 6.45) is -1.08. The van der Waals surface area contributed by atoms with E-state index in [0.717, 1.165) is 30.6 Å². The number of halogens is 3. The van der Waals surface area contributed by atoms with E-state index in [-0.39, 0.29) is 18.1 Å². The number of ether oxygens (including phenoxy) is 1. The summed E-state index contributed by atoms with van der Waals surface area (Å²) in [5, 5.41) is 11.8. The third-order valence-corrected chi connectivity index (χ3v) is 5.43. The van der Waals surface area contributed by atoms with Crippen molar-refractivity contribution >= 4 is 12.0 Å². The van der Waals surface area contributed by atoms with Crippen LogP contribution in [0.1, 0.15) is 25.7 Å². The number of rotatable bonds is 2. The summed E-state index contributed by atoms with van der Waals surface area (Å²) in [5.74, 6) is -4.95. The van der Waals surface area contributed by atoms with Crippen molar-refractivity contribution in [2.75, 3.05) is 19.7 Å². The predicted octanol–water partition coefficient (Wildman–Crippen LogP) is 1.85. The average molecular weight is 350 g/mol. The Morgan fingerprint density at radius 3 is 2.54 bits per heavy atom. The number of hydrogen-bond acceptors (Lipinski definition) is 3. The maximum atomic E-state index is 13.0. The highest BCUT2D eigenvalue weighted by Gasteiger charge is 2.53. The van der Waals surface area contributed by atoms with Gasteiger partial charge in [0.15, 0.2) is 0 Å². The minimum absolute atomic E-state index is 0.109. The first-order chi connectivity index (χ1) is 11.3. The van der Waals surface area contributed by atoms with Crippen molar-refractivity contribution in [1.29, 1.82) is 0 Å². The number of nitrogens with zero attached hydrogens (tertiary/aromatic N) is 1. The molecule has 24 heavy (non-hydrogen) atoms. The number of hydrogen-bond donors (Lipinski definition) is 2. The molecule has 0 radical (unpaired) electrons. The maximum absolute atomic E-state index is 13.0. The van der Waals surface area contributed by atoms with Gasteiger partial charge in [0.2, 0.25) is 0 Å². The standard InChI is InChI=1S/C15H21F3N2O4/c16-15(17,18)10-7-20(6-9(10)13(21)22)14(23)19-11-2-1-3-12-8(11)4-5-24-12/h8-12H,1-7H2,(H,19,23)(H,21,22)/t8?,9-,10-,11?,12?/m1/s1. The van der Waals surface area contributed by atoms with Crippen molar-refractivity contribution in [3.05, 3.63) is 0 Å².